The van der Waals surface area contributed by atoms with Gasteiger partial charge in [0.1, 0.15) is 6.04 Å². The lowest BCUT2D eigenvalue weighted by Gasteiger charge is -2.07. The van der Waals surface area contributed by atoms with Gasteiger partial charge in [0.2, 0.25) is 0 Å². The summed E-state index contributed by atoms with van der Waals surface area (Å²) in [5, 5.41) is 12.1. The van der Waals surface area contributed by atoms with Crippen LogP contribution < -0.4 is 11.1 Å². The Morgan fingerprint density at radius 3 is 1.85 bits per heavy atom. The highest BCUT2D eigenvalue weighted by Gasteiger charge is 2.09. The van der Waals surface area contributed by atoms with Crippen LogP contribution in [0.5, 0.6) is 0 Å². The minimum absolute atomic E-state index is 0.551. The molecule has 0 aliphatic heterocycles. The summed E-state index contributed by atoms with van der Waals surface area (Å²) in [5.41, 5.74) is 5.47. The Bertz CT molecular complexity index is 345. The monoisotopic (exact) mass is 382 g/mol. The Labute approximate surface area is 168 Å². The fourth-order valence-electron chi connectivity index (χ4n) is 3.19. The fourth-order valence-corrected chi connectivity index (χ4v) is 3.19. The molecule has 0 radical (unpaired) electrons. The number of unbranched alkanes of at least 4 members (excludes halogenated alkanes) is 12. The lowest BCUT2D eigenvalue weighted by molar-refractivity contribution is -0.138. The molecule has 0 saturated heterocycles. The number of allylic oxidation sites excluding steroid dienone is 2. The second kappa shape index (κ2) is 21.4. The first-order valence-corrected chi connectivity index (χ1v) is 11.5. The molecule has 0 aromatic carbocycles. The van der Waals surface area contributed by atoms with Crippen molar-refractivity contribution >= 4 is 5.97 Å². The first kappa shape index (κ1) is 26.1. The summed E-state index contributed by atoms with van der Waals surface area (Å²) in [5.74, 6) is -0.900. The van der Waals surface area contributed by atoms with Gasteiger partial charge in [-0.15, -0.1) is 0 Å². The molecule has 0 bridgehead atoms. The average Bonchev–Trinajstić information content (AvgIpc) is 2.66. The molecule has 0 fully saturated rings. The van der Waals surface area contributed by atoms with Crippen molar-refractivity contribution in [1.82, 2.24) is 5.32 Å². The van der Waals surface area contributed by atoms with Crippen LogP contribution in [0.1, 0.15) is 110 Å². The molecule has 0 aliphatic rings. The second-order valence-electron chi connectivity index (χ2n) is 7.77. The lowest BCUT2D eigenvalue weighted by atomic mass is 10.1. The number of nitrogens with two attached hydrogens (primary N) is 1. The number of hydrogen-bond acceptors (Lipinski definition) is 3. The first-order valence-electron chi connectivity index (χ1n) is 11.5. The van der Waals surface area contributed by atoms with E-state index in [0.717, 1.165) is 19.5 Å². The van der Waals surface area contributed by atoms with E-state index in [1.807, 2.05) is 0 Å². The second-order valence-corrected chi connectivity index (χ2v) is 7.77. The highest BCUT2D eigenvalue weighted by molar-refractivity contribution is 5.72. The van der Waals surface area contributed by atoms with E-state index in [1.54, 1.807) is 0 Å². The third-order valence-electron chi connectivity index (χ3n) is 5.05. The quantitative estimate of drug-likeness (QED) is 0.173. The van der Waals surface area contributed by atoms with Crippen molar-refractivity contribution in [3.63, 3.8) is 0 Å². The van der Waals surface area contributed by atoms with E-state index in [4.69, 9.17) is 10.8 Å². The van der Waals surface area contributed by atoms with Crippen molar-refractivity contribution in [3.05, 3.63) is 12.2 Å². The summed E-state index contributed by atoms with van der Waals surface area (Å²) >= 11 is 0. The molecular formula is C23H46N2O2. The summed E-state index contributed by atoms with van der Waals surface area (Å²) in [6.07, 6.45) is 24.8. The Balaban J connectivity index is 3.12. The van der Waals surface area contributed by atoms with Crippen molar-refractivity contribution in [3.8, 4) is 0 Å². The third kappa shape index (κ3) is 21.3. The molecule has 0 heterocycles. The van der Waals surface area contributed by atoms with Crippen molar-refractivity contribution in [1.29, 1.82) is 0 Å². The van der Waals surface area contributed by atoms with Crippen molar-refractivity contribution < 1.29 is 9.90 Å². The van der Waals surface area contributed by atoms with Crippen molar-refractivity contribution in [2.24, 2.45) is 5.73 Å². The molecule has 0 aliphatic carbocycles. The van der Waals surface area contributed by atoms with Crippen LogP contribution in [0.3, 0.4) is 0 Å². The number of rotatable bonds is 21. The van der Waals surface area contributed by atoms with Gasteiger partial charge in [0.25, 0.3) is 0 Å². The van der Waals surface area contributed by atoms with Gasteiger partial charge in [0.05, 0.1) is 0 Å². The number of nitrogens with one attached hydrogen (secondary N) is 1. The highest BCUT2D eigenvalue weighted by atomic mass is 16.4. The summed E-state index contributed by atoms with van der Waals surface area (Å²) < 4.78 is 0. The van der Waals surface area contributed by atoms with Crippen LogP contribution in [0.4, 0.5) is 0 Å². The van der Waals surface area contributed by atoms with E-state index in [9.17, 15) is 4.79 Å². The van der Waals surface area contributed by atoms with Gasteiger partial charge in [0, 0.05) is 0 Å². The van der Waals surface area contributed by atoms with Gasteiger partial charge in [-0.25, -0.2) is 0 Å². The lowest BCUT2D eigenvalue weighted by Crippen LogP contribution is -2.31. The van der Waals surface area contributed by atoms with Crippen LogP contribution >= 0.6 is 0 Å². The maximum absolute atomic E-state index is 10.6. The summed E-state index contributed by atoms with van der Waals surface area (Å²) in [4.78, 5) is 10.6. The number of carbonyl (C=O) groups is 1. The van der Waals surface area contributed by atoms with E-state index in [0.29, 0.717) is 6.42 Å². The minimum Gasteiger partial charge on any atom is -0.480 e. The largest absolute Gasteiger partial charge is 0.480 e. The molecule has 0 saturated carbocycles. The van der Waals surface area contributed by atoms with E-state index < -0.39 is 12.0 Å². The zero-order chi connectivity index (χ0) is 20.0. The summed E-state index contributed by atoms with van der Waals surface area (Å²) in [6, 6.07) is -0.711. The molecule has 0 unspecified atom stereocenters. The summed E-state index contributed by atoms with van der Waals surface area (Å²) in [7, 11) is 0. The Morgan fingerprint density at radius 2 is 1.30 bits per heavy atom. The molecular weight excluding hydrogens is 336 g/mol. The summed E-state index contributed by atoms with van der Waals surface area (Å²) in [6.45, 7) is 4.17. The first-order chi connectivity index (χ1) is 13.2. The minimum atomic E-state index is -0.900. The van der Waals surface area contributed by atoms with Crippen LogP contribution in [-0.4, -0.2) is 30.2 Å². The van der Waals surface area contributed by atoms with E-state index in [-0.39, 0.29) is 0 Å². The van der Waals surface area contributed by atoms with Gasteiger partial charge in [-0.3, -0.25) is 4.79 Å². The molecule has 4 nitrogen and oxygen atoms in total. The molecule has 0 spiro atoms. The fraction of sp³-hybridized carbons (Fsp3) is 0.870. The third-order valence-corrected chi connectivity index (χ3v) is 5.05. The molecule has 27 heavy (non-hydrogen) atoms. The van der Waals surface area contributed by atoms with E-state index >= 15 is 0 Å². The zero-order valence-electron chi connectivity index (χ0n) is 17.9. The molecule has 160 valence electrons. The number of hydrogen-bond donors (Lipinski definition) is 3. The van der Waals surface area contributed by atoms with Crippen molar-refractivity contribution in [2.75, 3.05) is 13.1 Å². The topological polar surface area (TPSA) is 75.3 Å². The average molecular weight is 383 g/mol. The molecule has 0 amide bonds. The predicted molar refractivity (Wildman–Crippen MR) is 117 cm³/mol. The number of carboxylic acid groups (broad SMARTS) is 1. The van der Waals surface area contributed by atoms with E-state index in [1.165, 1.54) is 89.9 Å². The normalized spacial score (nSPS) is 12.7. The molecule has 0 rings (SSSR count). The van der Waals surface area contributed by atoms with Crippen molar-refractivity contribution in [2.45, 2.75) is 116 Å². The van der Waals surface area contributed by atoms with Gasteiger partial charge in [-0.05, 0) is 58.0 Å². The van der Waals surface area contributed by atoms with Gasteiger partial charge in [-0.2, -0.15) is 0 Å². The molecule has 4 N–H and O–H groups in total. The van der Waals surface area contributed by atoms with Crippen LogP contribution in [0.2, 0.25) is 0 Å². The molecule has 4 heteroatoms. The van der Waals surface area contributed by atoms with Crippen LogP contribution in [0, 0.1) is 0 Å². The van der Waals surface area contributed by atoms with E-state index in [2.05, 4.69) is 24.4 Å². The highest BCUT2D eigenvalue weighted by Crippen LogP contribution is 2.09. The standard InChI is InChI=1S/C23H46N2O2/c1-2-3-4-5-6-7-8-9-10-11-12-13-14-15-16-17-20-25-21-18-19-22(24)23(26)27/h9-10,22,25H,2-8,11-21,24H2,1H3,(H,26,27)/b10-9-/t22-/m0/s1. The number of aliphatic carboxylic acids is 1. The maximum Gasteiger partial charge on any atom is 0.320 e. The molecule has 1 atom stereocenters. The van der Waals surface area contributed by atoms with Crippen LogP contribution in [0.25, 0.3) is 0 Å². The van der Waals surface area contributed by atoms with Crippen LogP contribution in [-0.2, 0) is 4.79 Å². The van der Waals surface area contributed by atoms with Crippen LogP contribution in [0.15, 0.2) is 12.2 Å². The predicted octanol–water partition coefficient (Wildman–Crippen LogP) is 5.81. The zero-order valence-corrected chi connectivity index (χ0v) is 17.9. The maximum atomic E-state index is 10.6. The Morgan fingerprint density at radius 1 is 0.815 bits per heavy atom. The SMILES string of the molecule is CCCCCCCC/C=C\CCCCCCCCNCCC[C@H](N)C(=O)O. The van der Waals surface area contributed by atoms with Gasteiger partial charge >= 0.3 is 5.97 Å². The van der Waals surface area contributed by atoms with Gasteiger partial charge in [-0.1, -0.05) is 76.9 Å². The molecule has 0 aromatic rings. The Hall–Kier alpha value is -0.870. The Kier molecular flexibility index (Phi) is 20.7. The molecule has 0 aromatic heterocycles. The van der Waals surface area contributed by atoms with Gasteiger partial charge in [0.15, 0.2) is 0 Å². The number of carboxylic acids is 1. The van der Waals surface area contributed by atoms with Gasteiger partial charge < -0.3 is 16.2 Å². The smallest absolute Gasteiger partial charge is 0.320 e.